The van der Waals surface area contributed by atoms with Crippen molar-refractivity contribution in [3.05, 3.63) is 127 Å². The van der Waals surface area contributed by atoms with Gasteiger partial charge < -0.3 is 9.47 Å². The van der Waals surface area contributed by atoms with Gasteiger partial charge in [-0.25, -0.2) is 9.59 Å². The molecule has 0 heterocycles. The van der Waals surface area contributed by atoms with Gasteiger partial charge >= 0.3 is 11.9 Å². The Morgan fingerprint density at radius 2 is 0.946 bits per heavy atom. The summed E-state index contributed by atoms with van der Waals surface area (Å²) in [4.78, 5) is 25.1. The first kappa shape index (κ1) is 26.8. The molecular weight excluding hydrogens is 596 g/mol. The predicted molar refractivity (Wildman–Crippen MR) is 153 cm³/mol. The van der Waals surface area contributed by atoms with Crippen molar-refractivity contribution < 1.29 is 19.1 Å². The van der Waals surface area contributed by atoms with Gasteiger partial charge in [0.25, 0.3) is 0 Å². The van der Waals surface area contributed by atoms with Crippen molar-refractivity contribution in [1.29, 1.82) is 0 Å². The molecule has 6 heteroatoms. The lowest BCUT2D eigenvalue weighted by Crippen LogP contribution is -2.19. The van der Waals surface area contributed by atoms with Crippen molar-refractivity contribution >= 4 is 43.8 Å². The Bertz CT molecular complexity index is 1350. The SMILES string of the molecule is Cc1ccc(C(=O)Oc2ccc(C(C)(C)c3ccc(OC(=O)c4ccc(C)c(Br)c4)cc3)cc2)cc1Br. The highest BCUT2D eigenvalue weighted by Crippen LogP contribution is 2.33. The lowest BCUT2D eigenvalue weighted by Gasteiger charge is -2.26. The van der Waals surface area contributed by atoms with E-state index in [2.05, 4.69) is 45.7 Å². The third kappa shape index (κ3) is 6.20. The fourth-order valence-electron chi connectivity index (χ4n) is 3.82. The number of carbonyl (C=O) groups excluding carboxylic acids is 2. The molecule has 0 aliphatic carbocycles. The van der Waals surface area contributed by atoms with Crippen LogP contribution in [0, 0.1) is 13.8 Å². The molecular formula is C31H26Br2O4. The minimum absolute atomic E-state index is 0.325. The van der Waals surface area contributed by atoms with Crippen LogP contribution in [0.4, 0.5) is 0 Å². The zero-order valence-corrected chi connectivity index (χ0v) is 24.1. The van der Waals surface area contributed by atoms with Crippen LogP contribution in [0.3, 0.4) is 0 Å². The van der Waals surface area contributed by atoms with E-state index in [1.165, 1.54) is 0 Å². The Kier molecular flexibility index (Phi) is 8.00. The van der Waals surface area contributed by atoms with Gasteiger partial charge in [-0.1, -0.05) is 82.1 Å². The average molecular weight is 622 g/mol. The maximum atomic E-state index is 12.5. The van der Waals surface area contributed by atoms with Crippen LogP contribution >= 0.6 is 31.9 Å². The lowest BCUT2D eigenvalue weighted by molar-refractivity contribution is 0.0725. The van der Waals surface area contributed by atoms with Gasteiger partial charge in [0, 0.05) is 14.4 Å². The minimum atomic E-state index is -0.407. The zero-order chi connectivity index (χ0) is 26.7. The van der Waals surface area contributed by atoms with Gasteiger partial charge in [0.05, 0.1) is 11.1 Å². The van der Waals surface area contributed by atoms with Crippen LogP contribution in [-0.4, -0.2) is 11.9 Å². The lowest BCUT2D eigenvalue weighted by atomic mass is 9.78. The molecule has 0 aliphatic heterocycles. The van der Waals surface area contributed by atoms with Crippen molar-refractivity contribution in [2.75, 3.05) is 0 Å². The van der Waals surface area contributed by atoms with Crippen LogP contribution < -0.4 is 9.47 Å². The summed E-state index contributed by atoms with van der Waals surface area (Å²) in [5, 5.41) is 0. The number of benzene rings is 4. The second kappa shape index (κ2) is 11.0. The van der Waals surface area contributed by atoms with Gasteiger partial charge in [-0.3, -0.25) is 0 Å². The van der Waals surface area contributed by atoms with Gasteiger partial charge in [-0.05, 0) is 84.6 Å². The molecule has 4 nitrogen and oxygen atoms in total. The van der Waals surface area contributed by atoms with Crippen LogP contribution in [0.15, 0.2) is 93.9 Å². The molecule has 0 fully saturated rings. The number of aryl methyl sites for hydroxylation is 2. The summed E-state index contributed by atoms with van der Waals surface area (Å²) in [6, 6.07) is 25.8. The number of hydrogen-bond donors (Lipinski definition) is 0. The monoisotopic (exact) mass is 620 g/mol. The Balaban J connectivity index is 1.43. The molecule has 4 aromatic carbocycles. The van der Waals surface area contributed by atoms with Gasteiger partial charge in [-0.2, -0.15) is 0 Å². The Morgan fingerprint density at radius 3 is 1.27 bits per heavy atom. The van der Waals surface area contributed by atoms with E-state index in [-0.39, 0.29) is 5.41 Å². The first-order chi connectivity index (χ1) is 17.5. The van der Waals surface area contributed by atoms with E-state index in [0.29, 0.717) is 22.6 Å². The van der Waals surface area contributed by atoms with Crippen molar-refractivity contribution in [2.24, 2.45) is 0 Å². The Hall–Kier alpha value is -3.22. The smallest absolute Gasteiger partial charge is 0.343 e. The summed E-state index contributed by atoms with van der Waals surface area (Å²) in [5.41, 5.74) is 4.85. The Morgan fingerprint density at radius 1 is 0.595 bits per heavy atom. The van der Waals surface area contributed by atoms with E-state index in [9.17, 15) is 9.59 Å². The summed E-state index contributed by atoms with van der Waals surface area (Å²) in [6.45, 7) is 8.15. The highest BCUT2D eigenvalue weighted by molar-refractivity contribution is 9.10. The van der Waals surface area contributed by atoms with Gasteiger partial charge in [-0.15, -0.1) is 0 Å². The summed E-state index contributed by atoms with van der Waals surface area (Å²) in [6.07, 6.45) is 0. The molecule has 0 saturated carbocycles. The Labute approximate surface area is 233 Å². The molecule has 37 heavy (non-hydrogen) atoms. The number of halogens is 2. The van der Waals surface area contributed by atoms with Crippen LogP contribution in [-0.2, 0) is 5.41 Å². The number of carbonyl (C=O) groups is 2. The maximum absolute atomic E-state index is 12.5. The van der Waals surface area contributed by atoms with E-state index in [0.717, 1.165) is 31.2 Å². The molecule has 0 radical (unpaired) electrons. The fraction of sp³-hybridized carbons (Fsp3) is 0.161. The van der Waals surface area contributed by atoms with E-state index < -0.39 is 11.9 Å². The van der Waals surface area contributed by atoms with Crippen LogP contribution in [0.5, 0.6) is 11.5 Å². The number of rotatable bonds is 6. The van der Waals surface area contributed by atoms with Crippen LogP contribution in [0.25, 0.3) is 0 Å². The summed E-state index contributed by atoms with van der Waals surface area (Å²) < 4.78 is 12.8. The molecule has 0 bridgehead atoms. The molecule has 0 saturated heterocycles. The first-order valence-corrected chi connectivity index (χ1v) is 13.3. The normalized spacial score (nSPS) is 11.2. The van der Waals surface area contributed by atoms with E-state index in [4.69, 9.17) is 9.47 Å². The predicted octanol–water partition coefficient (Wildman–Crippen LogP) is 8.59. The second-order valence-electron chi connectivity index (χ2n) is 9.38. The quantitative estimate of drug-likeness (QED) is 0.160. The van der Waals surface area contributed by atoms with Crippen molar-refractivity contribution in [3.8, 4) is 11.5 Å². The number of hydrogen-bond acceptors (Lipinski definition) is 4. The highest BCUT2D eigenvalue weighted by atomic mass is 79.9. The molecule has 4 rings (SSSR count). The molecule has 0 amide bonds. The fourth-order valence-corrected chi connectivity index (χ4v) is 4.58. The molecule has 4 aromatic rings. The summed E-state index contributed by atoms with van der Waals surface area (Å²) in [5.74, 6) is 0.143. The minimum Gasteiger partial charge on any atom is -0.423 e. The number of ether oxygens (including phenoxy) is 2. The third-order valence-electron chi connectivity index (χ3n) is 6.39. The first-order valence-electron chi connectivity index (χ1n) is 11.7. The summed E-state index contributed by atoms with van der Waals surface area (Å²) >= 11 is 6.90. The topological polar surface area (TPSA) is 52.6 Å². The van der Waals surface area contributed by atoms with E-state index >= 15 is 0 Å². The average Bonchev–Trinajstić information content (AvgIpc) is 2.88. The standard InChI is InChI=1S/C31H26Br2O4/c1-19-5-7-21(17-27(19)32)29(34)36-25-13-9-23(10-14-25)31(3,4)24-11-15-26(16-12-24)37-30(35)22-8-6-20(2)28(33)18-22/h5-18H,1-4H3. The maximum Gasteiger partial charge on any atom is 0.343 e. The highest BCUT2D eigenvalue weighted by Gasteiger charge is 2.24. The van der Waals surface area contributed by atoms with Crippen molar-refractivity contribution in [1.82, 2.24) is 0 Å². The second-order valence-corrected chi connectivity index (χ2v) is 11.1. The molecule has 0 N–H and O–H groups in total. The van der Waals surface area contributed by atoms with Crippen LogP contribution in [0.2, 0.25) is 0 Å². The van der Waals surface area contributed by atoms with Gasteiger partial charge in [0.2, 0.25) is 0 Å². The third-order valence-corrected chi connectivity index (χ3v) is 8.10. The molecule has 188 valence electrons. The molecule has 0 spiro atoms. The van der Waals surface area contributed by atoms with Gasteiger partial charge in [0.15, 0.2) is 0 Å². The van der Waals surface area contributed by atoms with E-state index in [1.54, 1.807) is 48.5 Å². The van der Waals surface area contributed by atoms with Crippen molar-refractivity contribution in [2.45, 2.75) is 33.1 Å². The molecule has 0 unspecified atom stereocenters. The largest absolute Gasteiger partial charge is 0.423 e. The summed E-state index contributed by atoms with van der Waals surface area (Å²) in [7, 11) is 0. The number of esters is 2. The zero-order valence-electron chi connectivity index (χ0n) is 21.0. The molecule has 0 atom stereocenters. The van der Waals surface area contributed by atoms with E-state index in [1.807, 2.05) is 50.2 Å². The van der Waals surface area contributed by atoms with Crippen molar-refractivity contribution in [3.63, 3.8) is 0 Å². The molecule has 0 aliphatic rings. The van der Waals surface area contributed by atoms with Gasteiger partial charge in [0.1, 0.15) is 11.5 Å². The van der Waals surface area contributed by atoms with Crippen LogP contribution in [0.1, 0.15) is 56.8 Å². The molecule has 0 aromatic heterocycles.